The number of methoxy groups -OCH3 is 1. The number of carbonyl (C=O) groups excluding carboxylic acids is 2. The second-order valence-corrected chi connectivity index (χ2v) is 6.04. The number of ketones is 2. The summed E-state index contributed by atoms with van der Waals surface area (Å²) in [7, 11) is 1.53. The largest absolute Gasteiger partial charge is 0.507 e. The minimum Gasteiger partial charge on any atom is -0.507 e. The van der Waals surface area contributed by atoms with E-state index in [-0.39, 0.29) is 34.4 Å². The van der Waals surface area contributed by atoms with Crippen LogP contribution in [0.3, 0.4) is 0 Å². The molecule has 0 aromatic heterocycles. The third kappa shape index (κ3) is 2.01. The Morgan fingerprint density at radius 2 is 1.76 bits per heavy atom. The standard InChI is InChI=1S/C19H14O6/c1-25-14-4-2-3-8-5-10-11(6-9(8)14)16(21)12-7-13(20)18(23)19(24)15(12)17(10)22/h2-6,18,21-23H,7H2,1H3. The number of Topliss-reactive ketones (excluding diaryl/α,β-unsaturated/α-hetero) is 2. The molecule has 0 saturated carbocycles. The molecule has 0 bridgehead atoms. The molecule has 3 aromatic carbocycles. The number of benzene rings is 3. The lowest BCUT2D eigenvalue weighted by Crippen LogP contribution is -2.36. The number of ether oxygens (including phenoxy) is 1. The molecule has 25 heavy (non-hydrogen) atoms. The van der Waals surface area contributed by atoms with Crippen molar-refractivity contribution in [3.63, 3.8) is 0 Å². The van der Waals surface area contributed by atoms with Crippen LogP contribution in [0.1, 0.15) is 15.9 Å². The Hall–Kier alpha value is -3.12. The molecule has 0 aliphatic heterocycles. The minimum atomic E-state index is -1.81. The lowest BCUT2D eigenvalue weighted by Gasteiger charge is -2.22. The van der Waals surface area contributed by atoms with E-state index < -0.39 is 17.7 Å². The first-order valence-corrected chi connectivity index (χ1v) is 7.66. The predicted octanol–water partition coefficient (Wildman–Crippen LogP) is 2.08. The van der Waals surface area contributed by atoms with Crippen molar-refractivity contribution >= 4 is 33.1 Å². The second-order valence-electron chi connectivity index (χ2n) is 6.04. The van der Waals surface area contributed by atoms with E-state index in [1.54, 1.807) is 24.3 Å². The maximum Gasteiger partial charge on any atom is 0.203 e. The van der Waals surface area contributed by atoms with E-state index in [0.29, 0.717) is 11.1 Å². The van der Waals surface area contributed by atoms with Gasteiger partial charge in [0.2, 0.25) is 5.78 Å². The van der Waals surface area contributed by atoms with E-state index in [9.17, 15) is 24.9 Å². The topological polar surface area (TPSA) is 104 Å². The van der Waals surface area contributed by atoms with Gasteiger partial charge in [0.1, 0.15) is 17.2 Å². The van der Waals surface area contributed by atoms with Crippen LogP contribution in [-0.2, 0) is 11.2 Å². The summed E-state index contributed by atoms with van der Waals surface area (Å²) in [6, 6.07) is 8.66. The fraction of sp³-hybridized carbons (Fsp3) is 0.158. The SMILES string of the molecule is COc1cccc2cc3c(O)c4c(c(O)c3cc12)CC(=O)C(O)C4=O. The Morgan fingerprint density at radius 3 is 2.48 bits per heavy atom. The van der Waals surface area contributed by atoms with Gasteiger partial charge in [-0.2, -0.15) is 0 Å². The highest BCUT2D eigenvalue weighted by Gasteiger charge is 2.37. The van der Waals surface area contributed by atoms with Crippen LogP contribution in [0.2, 0.25) is 0 Å². The van der Waals surface area contributed by atoms with Crippen molar-refractivity contribution in [1.82, 2.24) is 0 Å². The van der Waals surface area contributed by atoms with Crippen LogP contribution in [-0.4, -0.2) is 40.1 Å². The van der Waals surface area contributed by atoms with Gasteiger partial charge in [-0.15, -0.1) is 0 Å². The molecule has 1 atom stereocenters. The average molecular weight is 338 g/mol. The third-order valence-electron chi connectivity index (χ3n) is 4.68. The first-order valence-electron chi connectivity index (χ1n) is 7.66. The molecular weight excluding hydrogens is 324 g/mol. The van der Waals surface area contributed by atoms with Gasteiger partial charge < -0.3 is 20.1 Å². The predicted molar refractivity (Wildman–Crippen MR) is 90.4 cm³/mol. The summed E-state index contributed by atoms with van der Waals surface area (Å²) < 4.78 is 5.32. The van der Waals surface area contributed by atoms with E-state index in [4.69, 9.17) is 4.74 Å². The molecule has 126 valence electrons. The minimum absolute atomic E-state index is 0.0412. The van der Waals surface area contributed by atoms with Crippen molar-refractivity contribution in [3.8, 4) is 17.2 Å². The van der Waals surface area contributed by atoms with Gasteiger partial charge in [0.25, 0.3) is 0 Å². The molecule has 4 rings (SSSR count). The van der Waals surface area contributed by atoms with E-state index >= 15 is 0 Å². The van der Waals surface area contributed by atoms with Crippen LogP contribution in [0.15, 0.2) is 30.3 Å². The van der Waals surface area contributed by atoms with Gasteiger partial charge in [-0.3, -0.25) is 9.59 Å². The molecule has 1 aliphatic carbocycles. The van der Waals surface area contributed by atoms with Gasteiger partial charge in [0, 0.05) is 28.1 Å². The average Bonchev–Trinajstić information content (AvgIpc) is 2.62. The molecule has 0 heterocycles. The fourth-order valence-corrected chi connectivity index (χ4v) is 3.42. The van der Waals surface area contributed by atoms with Crippen molar-refractivity contribution in [3.05, 3.63) is 41.5 Å². The summed E-state index contributed by atoms with van der Waals surface area (Å²) in [4.78, 5) is 24.0. The van der Waals surface area contributed by atoms with E-state index in [2.05, 4.69) is 0 Å². The van der Waals surface area contributed by atoms with Crippen LogP contribution in [0, 0.1) is 0 Å². The molecule has 0 fully saturated rings. The summed E-state index contributed by atoms with van der Waals surface area (Å²) in [5.41, 5.74) is -0.154. The number of aliphatic hydroxyl groups excluding tert-OH is 1. The zero-order chi connectivity index (χ0) is 17.9. The number of aliphatic hydroxyl groups is 1. The van der Waals surface area contributed by atoms with Crippen LogP contribution in [0.4, 0.5) is 0 Å². The molecule has 3 aromatic rings. The molecule has 0 spiro atoms. The first-order chi connectivity index (χ1) is 11.9. The Morgan fingerprint density at radius 1 is 1.04 bits per heavy atom. The molecule has 0 saturated heterocycles. The monoisotopic (exact) mass is 338 g/mol. The van der Waals surface area contributed by atoms with Crippen LogP contribution >= 0.6 is 0 Å². The zero-order valence-electron chi connectivity index (χ0n) is 13.2. The van der Waals surface area contributed by atoms with E-state index in [1.165, 1.54) is 7.11 Å². The fourth-order valence-electron chi connectivity index (χ4n) is 3.42. The highest BCUT2D eigenvalue weighted by atomic mass is 16.5. The summed E-state index contributed by atoms with van der Waals surface area (Å²) in [5, 5.41) is 33.0. The van der Waals surface area contributed by atoms with Gasteiger partial charge in [-0.25, -0.2) is 0 Å². The first kappa shape index (κ1) is 15.4. The summed E-state index contributed by atoms with van der Waals surface area (Å²) >= 11 is 0. The van der Waals surface area contributed by atoms with Gasteiger partial charge in [0.15, 0.2) is 11.9 Å². The number of rotatable bonds is 1. The number of carbonyl (C=O) groups is 2. The van der Waals surface area contributed by atoms with Crippen molar-refractivity contribution < 1.29 is 29.6 Å². The van der Waals surface area contributed by atoms with Crippen LogP contribution in [0.25, 0.3) is 21.5 Å². The Balaban J connectivity index is 2.15. The highest BCUT2D eigenvalue weighted by molar-refractivity contribution is 6.22. The number of phenols is 2. The molecule has 1 aliphatic rings. The zero-order valence-corrected chi connectivity index (χ0v) is 13.2. The Labute approximate surface area is 141 Å². The maximum atomic E-state index is 12.2. The molecule has 6 nitrogen and oxygen atoms in total. The number of hydrogen-bond donors (Lipinski definition) is 3. The second kappa shape index (κ2) is 5.19. The molecular formula is C19H14O6. The van der Waals surface area contributed by atoms with Crippen molar-refractivity contribution in [2.45, 2.75) is 12.5 Å². The van der Waals surface area contributed by atoms with Gasteiger partial charge >= 0.3 is 0 Å². The Kier molecular flexibility index (Phi) is 3.20. The number of hydrogen-bond acceptors (Lipinski definition) is 6. The van der Waals surface area contributed by atoms with Gasteiger partial charge in [-0.05, 0) is 23.6 Å². The quantitative estimate of drug-likeness (QED) is 0.356. The number of phenolic OH excluding ortho intramolecular Hbond substituents is 2. The maximum absolute atomic E-state index is 12.2. The summed E-state index contributed by atoms with van der Waals surface area (Å²) in [6.45, 7) is 0. The lowest BCUT2D eigenvalue weighted by atomic mass is 9.83. The number of fused-ring (bicyclic) bond motifs is 3. The molecule has 0 radical (unpaired) electrons. The van der Waals surface area contributed by atoms with Crippen molar-refractivity contribution in [2.75, 3.05) is 7.11 Å². The molecule has 3 N–H and O–H groups in total. The highest BCUT2D eigenvalue weighted by Crippen LogP contribution is 2.44. The smallest absolute Gasteiger partial charge is 0.203 e. The van der Waals surface area contributed by atoms with Gasteiger partial charge in [0.05, 0.1) is 12.7 Å². The van der Waals surface area contributed by atoms with Crippen LogP contribution in [0.5, 0.6) is 17.2 Å². The summed E-state index contributed by atoms with van der Waals surface area (Å²) in [5.74, 6) is -1.59. The normalized spacial score (nSPS) is 17.1. The van der Waals surface area contributed by atoms with E-state index in [0.717, 1.165) is 10.8 Å². The van der Waals surface area contributed by atoms with Gasteiger partial charge in [-0.1, -0.05) is 12.1 Å². The third-order valence-corrected chi connectivity index (χ3v) is 4.68. The molecule has 1 unspecified atom stereocenters. The Bertz CT molecular complexity index is 1080. The summed E-state index contributed by atoms with van der Waals surface area (Å²) in [6.07, 6.45) is -2.13. The van der Waals surface area contributed by atoms with Crippen molar-refractivity contribution in [1.29, 1.82) is 0 Å². The van der Waals surface area contributed by atoms with Crippen molar-refractivity contribution in [2.24, 2.45) is 0 Å². The van der Waals surface area contributed by atoms with E-state index in [1.807, 2.05) is 6.07 Å². The molecule has 0 amide bonds. The number of aromatic hydroxyl groups is 2. The molecule has 6 heteroatoms. The lowest BCUT2D eigenvalue weighted by molar-refractivity contribution is -0.124. The van der Waals surface area contributed by atoms with Crippen LogP contribution < -0.4 is 4.74 Å².